The van der Waals surface area contributed by atoms with Gasteiger partial charge in [0.1, 0.15) is 35.2 Å². The monoisotopic (exact) mass is 842 g/mol. The first-order valence-corrected chi connectivity index (χ1v) is 23.3. The maximum Gasteiger partial charge on any atom is 0.259 e. The van der Waals surface area contributed by atoms with Crippen molar-refractivity contribution in [2.24, 2.45) is 5.92 Å². The van der Waals surface area contributed by atoms with Crippen LogP contribution in [-0.2, 0) is 29.8 Å². The molecular weight excluding hydrogens is 789 g/mol. The van der Waals surface area contributed by atoms with Gasteiger partial charge in [-0.25, -0.2) is 18.4 Å². The van der Waals surface area contributed by atoms with Crippen molar-refractivity contribution in [3.63, 3.8) is 0 Å². The number of ether oxygens (including phenoxy) is 2. The van der Waals surface area contributed by atoms with Crippen molar-refractivity contribution in [1.29, 1.82) is 0 Å². The van der Waals surface area contributed by atoms with E-state index in [2.05, 4.69) is 36.1 Å². The second-order valence-electron chi connectivity index (χ2n) is 17.6. The van der Waals surface area contributed by atoms with E-state index in [-0.39, 0.29) is 30.2 Å². The lowest BCUT2D eigenvalue weighted by Crippen LogP contribution is -2.57. The third-order valence-corrected chi connectivity index (χ3v) is 14.8. The first-order chi connectivity index (χ1) is 28.2. The lowest BCUT2D eigenvalue weighted by molar-refractivity contribution is -0.140. The summed E-state index contributed by atoms with van der Waals surface area (Å²) in [6.07, 6.45) is 6.59. The Kier molecular flexibility index (Phi) is 11.4. The average Bonchev–Trinajstić information content (AvgIpc) is 4.09. The number of nitrogens with zero attached hydrogens (tertiary/aromatic N) is 3. The van der Waals surface area contributed by atoms with Gasteiger partial charge in [0.25, 0.3) is 5.91 Å². The summed E-state index contributed by atoms with van der Waals surface area (Å²) in [4.78, 5) is 54.9. The molecule has 4 fully saturated rings. The van der Waals surface area contributed by atoms with E-state index >= 15 is 0 Å². The number of methoxy groups -OCH3 is 1. The van der Waals surface area contributed by atoms with Crippen molar-refractivity contribution in [2.75, 3.05) is 19.0 Å². The number of thiazole rings is 1. The number of anilines is 1. The number of benzene rings is 2. The molecule has 13 nitrogen and oxygen atoms in total. The summed E-state index contributed by atoms with van der Waals surface area (Å²) in [5, 5.41) is 9.28. The van der Waals surface area contributed by atoms with E-state index in [0.29, 0.717) is 59.9 Å². The predicted octanol–water partition coefficient (Wildman–Crippen LogP) is 6.72. The molecular formula is C44H54N6O7S2. The number of carbonyl (C=O) groups excluding carboxylic acids is 3. The highest BCUT2D eigenvalue weighted by Crippen LogP contribution is 2.48. The maximum absolute atomic E-state index is 14.9. The van der Waals surface area contributed by atoms with Gasteiger partial charge in [0.2, 0.25) is 21.8 Å². The number of hydrogen-bond acceptors (Lipinski definition) is 11. The standard InChI is InChI=1S/C44H54N6O7S2/c1-43(2,3)38-26-58-42(47-38)46-33-16-12-7-5-6-11-15-28-24-44(28,41(53)49-59(54,55)31-18-19-31)48-39(51)36-22-30(25-50(36)40(33)52)57-37-23-34(27-13-9-8-10-14-27)45-35-21-29(56-4)17-20-32(35)37/h8-10,13-14,17,20-21,23,26,28,30-31,33,36H,5-7,11-12,15-16,18-19,22,24-25H2,1-4H3,(H,46,47)(H,48,51)(H,49,53)/t28-,30-,33+,36+,44-/m1/s1. The molecule has 314 valence electrons. The molecule has 59 heavy (non-hydrogen) atoms. The van der Waals surface area contributed by atoms with Gasteiger partial charge < -0.3 is 25.0 Å². The fourth-order valence-corrected chi connectivity index (χ4v) is 10.8. The van der Waals surface area contributed by atoms with Gasteiger partial charge in [0.15, 0.2) is 5.13 Å². The second-order valence-corrected chi connectivity index (χ2v) is 20.4. The van der Waals surface area contributed by atoms with Crippen molar-refractivity contribution in [1.82, 2.24) is 24.9 Å². The number of nitrogens with one attached hydrogen (secondary N) is 3. The van der Waals surface area contributed by atoms with E-state index in [9.17, 15) is 22.8 Å². The van der Waals surface area contributed by atoms with Gasteiger partial charge in [-0.2, -0.15) is 0 Å². The molecule has 2 aliphatic heterocycles. The van der Waals surface area contributed by atoms with E-state index in [1.54, 1.807) is 12.0 Å². The first-order valence-electron chi connectivity index (χ1n) is 20.9. The smallest absolute Gasteiger partial charge is 0.259 e. The van der Waals surface area contributed by atoms with Gasteiger partial charge in [0, 0.05) is 40.3 Å². The molecule has 2 saturated carbocycles. The number of carbonyl (C=O) groups is 3. The van der Waals surface area contributed by atoms with Crippen LogP contribution in [0.3, 0.4) is 0 Å². The number of amides is 3. The number of rotatable bonds is 9. The number of pyridine rings is 1. The molecule has 2 aromatic carbocycles. The summed E-state index contributed by atoms with van der Waals surface area (Å²) in [5.41, 5.74) is 1.63. The number of aromatic nitrogens is 2. The molecule has 2 aliphatic carbocycles. The van der Waals surface area contributed by atoms with Crippen LogP contribution in [-0.4, -0.2) is 83.6 Å². The molecule has 0 bridgehead atoms. The molecule has 5 atom stereocenters. The number of sulfonamides is 1. The van der Waals surface area contributed by atoms with Gasteiger partial charge in [0.05, 0.1) is 35.8 Å². The fourth-order valence-electron chi connectivity index (χ4n) is 8.42. The molecule has 8 rings (SSSR count). The number of hydrogen-bond donors (Lipinski definition) is 3. The zero-order valence-electron chi connectivity index (χ0n) is 34.2. The fraction of sp³-hybridized carbons (Fsp3) is 0.523. The SMILES string of the molecule is COc1ccc2c(O[C@@H]3C[C@H]4C(=O)N[C@]5(C(=O)NS(=O)(=O)C6CC6)C[C@H]5CCCCCCC[C@H](Nc5nc(C(C)(C)C)cs5)C(=O)N4C3)cc(-c3ccccc3)nc2c1. The zero-order valence-corrected chi connectivity index (χ0v) is 35.8. The normalized spacial score (nSPS) is 25.5. The zero-order chi connectivity index (χ0) is 41.5. The van der Waals surface area contributed by atoms with Crippen molar-refractivity contribution in [3.8, 4) is 22.8 Å². The van der Waals surface area contributed by atoms with Crippen LogP contribution < -0.4 is 24.8 Å². The quantitative estimate of drug-likeness (QED) is 0.165. The van der Waals surface area contributed by atoms with Crippen LogP contribution >= 0.6 is 11.3 Å². The molecule has 0 radical (unpaired) electrons. The van der Waals surface area contributed by atoms with Crippen LogP contribution in [0.4, 0.5) is 5.13 Å². The summed E-state index contributed by atoms with van der Waals surface area (Å²) in [7, 11) is -2.25. The second kappa shape index (κ2) is 16.4. The van der Waals surface area contributed by atoms with E-state index < -0.39 is 50.8 Å². The van der Waals surface area contributed by atoms with E-state index in [1.165, 1.54) is 11.3 Å². The Morgan fingerprint density at radius 2 is 1.71 bits per heavy atom. The maximum atomic E-state index is 14.9. The van der Waals surface area contributed by atoms with Crippen LogP contribution in [0.15, 0.2) is 60.0 Å². The Morgan fingerprint density at radius 1 is 0.966 bits per heavy atom. The van der Waals surface area contributed by atoms with Gasteiger partial charge in [-0.05, 0) is 50.2 Å². The summed E-state index contributed by atoms with van der Waals surface area (Å²) in [6, 6.07) is 15.6. The molecule has 2 aromatic heterocycles. The topological polar surface area (TPSA) is 169 Å². The molecule has 4 heterocycles. The van der Waals surface area contributed by atoms with E-state index in [1.807, 2.05) is 60.0 Å². The summed E-state index contributed by atoms with van der Waals surface area (Å²) >= 11 is 1.45. The molecule has 4 aliphatic rings. The molecule has 2 saturated heterocycles. The highest BCUT2D eigenvalue weighted by Gasteiger charge is 2.62. The largest absolute Gasteiger partial charge is 0.497 e. The summed E-state index contributed by atoms with van der Waals surface area (Å²) in [6.45, 7) is 6.40. The number of fused-ring (bicyclic) bond motifs is 3. The minimum atomic E-state index is -3.85. The lowest BCUT2D eigenvalue weighted by atomic mass is 9.93. The van der Waals surface area contributed by atoms with Crippen LogP contribution in [0.5, 0.6) is 11.5 Å². The summed E-state index contributed by atoms with van der Waals surface area (Å²) < 4.78 is 40.6. The van der Waals surface area contributed by atoms with Crippen molar-refractivity contribution in [2.45, 2.75) is 126 Å². The van der Waals surface area contributed by atoms with Gasteiger partial charge in [-0.1, -0.05) is 83.2 Å². The Hall–Kier alpha value is -4.76. The molecule has 3 amide bonds. The van der Waals surface area contributed by atoms with Gasteiger partial charge in [-0.15, -0.1) is 11.3 Å². The molecule has 0 spiro atoms. The third-order valence-electron chi connectivity index (χ3n) is 12.2. The Balaban J connectivity index is 1.13. The third kappa shape index (κ3) is 8.91. The molecule has 15 heteroatoms. The van der Waals surface area contributed by atoms with Crippen molar-refractivity contribution < 1.29 is 32.3 Å². The van der Waals surface area contributed by atoms with Crippen LogP contribution in [0.25, 0.3) is 22.2 Å². The van der Waals surface area contributed by atoms with Crippen LogP contribution in [0, 0.1) is 5.92 Å². The highest BCUT2D eigenvalue weighted by molar-refractivity contribution is 7.91. The Bertz CT molecular complexity index is 2330. The Labute approximate surface area is 350 Å². The Morgan fingerprint density at radius 3 is 2.42 bits per heavy atom. The van der Waals surface area contributed by atoms with Crippen molar-refractivity contribution in [3.05, 3.63) is 65.7 Å². The van der Waals surface area contributed by atoms with Gasteiger partial charge >= 0.3 is 0 Å². The van der Waals surface area contributed by atoms with Gasteiger partial charge in [-0.3, -0.25) is 19.1 Å². The first kappa shape index (κ1) is 41.0. The summed E-state index contributed by atoms with van der Waals surface area (Å²) in [5.74, 6) is -0.469. The molecule has 4 aromatic rings. The van der Waals surface area contributed by atoms with Crippen LogP contribution in [0.2, 0.25) is 0 Å². The minimum absolute atomic E-state index is 0.111. The van der Waals surface area contributed by atoms with E-state index in [4.69, 9.17) is 19.4 Å². The van der Waals surface area contributed by atoms with E-state index in [0.717, 1.165) is 48.7 Å². The lowest BCUT2D eigenvalue weighted by Gasteiger charge is -2.30. The van der Waals surface area contributed by atoms with Crippen LogP contribution in [0.1, 0.15) is 97.1 Å². The minimum Gasteiger partial charge on any atom is -0.497 e. The van der Waals surface area contributed by atoms with Crippen molar-refractivity contribution >= 4 is 55.1 Å². The predicted molar refractivity (Wildman–Crippen MR) is 228 cm³/mol. The molecule has 3 N–H and O–H groups in total. The highest BCUT2D eigenvalue weighted by atomic mass is 32.2. The average molecular weight is 843 g/mol. The molecule has 0 unspecified atom stereocenters.